The third-order valence-electron chi connectivity index (χ3n) is 3.90. The van der Waals surface area contributed by atoms with Crippen LogP contribution in [0.25, 0.3) is 0 Å². The summed E-state index contributed by atoms with van der Waals surface area (Å²) in [5, 5.41) is 0. The number of rotatable bonds is 2. The van der Waals surface area contributed by atoms with Crippen molar-refractivity contribution in [2.45, 2.75) is 30.8 Å². The molecule has 2 rings (SSSR count). The molecule has 7 heteroatoms. The largest absolute Gasteiger partial charge is 0.399 e. The first-order valence-electron chi connectivity index (χ1n) is 6.50. The number of hydrogen-bond acceptors (Lipinski definition) is 4. The summed E-state index contributed by atoms with van der Waals surface area (Å²) >= 11 is 0. The SMILES string of the molecule is CC1CN(S(=O)(=O)c2ccc(N)cc2F)CC(C)N1C. The highest BCUT2D eigenvalue weighted by Gasteiger charge is 2.35. The number of sulfonamides is 1. The average molecular weight is 301 g/mol. The molecule has 2 unspecified atom stereocenters. The Labute approximate surface area is 119 Å². The summed E-state index contributed by atoms with van der Waals surface area (Å²) < 4.78 is 40.3. The molecule has 0 bridgehead atoms. The van der Waals surface area contributed by atoms with Crippen LogP contribution in [0.2, 0.25) is 0 Å². The fourth-order valence-corrected chi connectivity index (χ4v) is 4.07. The molecule has 0 spiro atoms. The zero-order valence-corrected chi connectivity index (χ0v) is 12.7. The normalized spacial score (nSPS) is 25.8. The molecule has 2 atom stereocenters. The fourth-order valence-electron chi connectivity index (χ4n) is 2.42. The molecule has 2 N–H and O–H groups in total. The predicted molar refractivity (Wildman–Crippen MR) is 76.3 cm³/mol. The Hall–Kier alpha value is -1.18. The van der Waals surface area contributed by atoms with Gasteiger partial charge in [0.15, 0.2) is 0 Å². The highest BCUT2D eigenvalue weighted by atomic mass is 32.2. The summed E-state index contributed by atoms with van der Waals surface area (Å²) in [6.07, 6.45) is 0. The van der Waals surface area contributed by atoms with Crippen molar-refractivity contribution in [2.75, 3.05) is 25.9 Å². The molecule has 1 aliphatic heterocycles. The van der Waals surface area contributed by atoms with Gasteiger partial charge in [-0.1, -0.05) is 0 Å². The summed E-state index contributed by atoms with van der Waals surface area (Å²) in [7, 11) is -1.86. The lowest BCUT2D eigenvalue weighted by atomic mass is 10.1. The van der Waals surface area contributed by atoms with Gasteiger partial charge in [0.05, 0.1) is 0 Å². The number of halogens is 1. The van der Waals surface area contributed by atoms with Gasteiger partial charge in [-0.05, 0) is 39.1 Å². The first-order valence-corrected chi connectivity index (χ1v) is 7.94. The van der Waals surface area contributed by atoms with Gasteiger partial charge in [-0.25, -0.2) is 12.8 Å². The van der Waals surface area contributed by atoms with Crippen LogP contribution in [0, 0.1) is 5.82 Å². The molecule has 0 radical (unpaired) electrons. The van der Waals surface area contributed by atoms with E-state index in [1.807, 2.05) is 20.9 Å². The van der Waals surface area contributed by atoms with Crippen LogP contribution >= 0.6 is 0 Å². The number of nitrogen functional groups attached to an aromatic ring is 1. The Morgan fingerprint density at radius 1 is 1.25 bits per heavy atom. The third-order valence-corrected chi connectivity index (χ3v) is 5.76. The van der Waals surface area contributed by atoms with Gasteiger partial charge in [-0.2, -0.15) is 4.31 Å². The van der Waals surface area contributed by atoms with Gasteiger partial charge < -0.3 is 5.73 Å². The Bertz CT molecular complexity index is 594. The van der Waals surface area contributed by atoms with Crippen LogP contribution in [-0.2, 0) is 10.0 Å². The number of hydrogen-bond donors (Lipinski definition) is 1. The lowest BCUT2D eigenvalue weighted by Crippen LogP contribution is -2.56. The minimum absolute atomic E-state index is 0.0883. The van der Waals surface area contributed by atoms with Gasteiger partial charge in [-0.15, -0.1) is 0 Å². The lowest BCUT2D eigenvalue weighted by Gasteiger charge is -2.41. The highest BCUT2D eigenvalue weighted by Crippen LogP contribution is 2.25. The van der Waals surface area contributed by atoms with Gasteiger partial charge in [0.25, 0.3) is 0 Å². The van der Waals surface area contributed by atoms with E-state index < -0.39 is 15.8 Å². The van der Waals surface area contributed by atoms with Gasteiger partial charge in [0.2, 0.25) is 10.0 Å². The summed E-state index contributed by atoms with van der Waals surface area (Å²) in [5.41, 5.74) is 5.67. The first kappa shape index (κ1) is 15.2. The van der Waals surface area contributed by atoms with Gasteiger partial charge in [0.1, 0.15) is 10.7 Å². The van der Waals surface area contributed by atoms with E-state index in [4.69, 9.17) is 5.73 Å². The predicted octanol–water partition coefficient (Wildman–Crippen LogP) is 1.12. The van der Waals surface area contributed by atoms with Gasteiger partial charge >= 0.3 is 0 Å². The Morgan fingerprint density at radius 2 is 1.80 bits per heavy atom. The van der Waals surface area contributed by atoms with E-state index in [1.54, 1.807) is 0 Å². The number of benzene rings is 1. The van der Waals surface area contributed by atoms with E-state index in [2.05, 4.69) is 4.90 Å². The molecule has 0 aromatic heterocycles. The number of piperazine rings is 1. The number of nitrogens with zero attached hydrogens (tertiary/aromatic N) is 2. The standard InChI is InChI=1S/C13H20FN3O2S/c1-9-7-17(8-10(2)16(9)3)20(18,19)13-5-4-11(15)6-12(13)14/h4-6,9-10H,7-8,15H2,1-3H3. The Kier molecular flexibility index (Phi) is 4.04. The van der Waals surface area contributed by atoms with E-state index in [1.165, 1.54) is 16.4 Å². The van der Waals surface area contributed by atoms with Gasteiger partial charge in [0, 0.05) is 30.9 Å². The van der Waals surface area contributed by atoms with Crippen LogP contribution in [0.3, 0.4) is 0 Å². The van der Waals surface area contributed by atoms with Crippen LogP contribution in [0.15, 0.2) is 23.1 Å². The molecule has 5 nitrogen and oxygen atoms in total. The van der Waals surface area contributed by atoms with E-state index in [-0.39, 0.29) is 22.7 Å². The second kappa shape index (κ2) is 5.31. The van der Waals surface area contributed by atoms with E-state index >= 15 is 0 Å². The number of likely N-dealkylation sites (N-methyl/N-ethyl adjacent to an activating group) is 1. The minimum atomic E-state index is -3.82. The van der Waals surface area contributed by atoms with Gasteiger partial charge in [-0.3, -0.25) is 4.90 Å². The quantitative estimate of drug-likeness (QED) is 0.831. The van der Waals surface area contributed by atoms with E-state index in [9.17, 15) is 12.8 Å². The smallest absolute Gasteiger partial charge is 0.246 e. The van der Waals surface area contributed by atoms with E-state index in [0.29, 0.717) is 13.1 Å². The third kappa shape index (κ3) is 2.65. The molecule has 0 amide bonds. The van der Waals surface area contributed by atoms with E-state index in [0.717, 1.165) is 6.07 Å². The summed E-state index contributed by atoms with van der Waals surface area (Å²) in [6.45, 7) is 4.62. The summed E-state index contributed by atoms with van der Waals surface area (Å²) in [6, 6.07) is 3.85. The highest BCUT2D eigenvalue weighted by molar-refractivity contribution is 7.89. The first-order chi connectivity index (χ1) is 9.23. The van der Waals surface area contributed by atoms with Crippen molar-refractivity contribution < 1.29 is 12.8 Å². The second-order valence-corrected chi connectivity index (χ2v) is 7.28. The van der Waals surface area contributed by atoms with Crippen LogP contribution < -0.4 is 5.73 Å². The molecule has 0 saturated carbocycles. The fraction of sp³-hybridized carbons (Fsp3) is 0.538. The van der Waals surface area contributed by atoms with Crippen LogP contribution in [0.4, 0.5) is 10.1 Å². The minimum Gasteiger partial charge on any atom is -0.399 e. The monoisotopic (exact) mass is 301 g/mol. The molecule has 1 aliphatic rings. The average Bonchev–Trinajstić information content (AvgIpc) is 2.34. The number of nitrogens with two attached hydrogens (primary N) is 1. The molecule has 1 aromatic carbocycles. The van der Waals surface area contributed by atoms with Crippen molar-refractivity contribution in [2.24, 2.45) is 0 Å². The molecule has 1 heterocycles. The van der Waals surface area contributed by atoms with Crippen molar-refractivity contribution in [3.05, 3.63) is 24.0 Å². The molecule has 1 fully saturated rings. The second-order valence-electron chi connectivity index (χ2n) is 5.38. The van der Waals surface area contributed by atoms with Crippen LogP contribution in [0.1, 0.15) is 13.8 Å². The molecule has 20 heavy (non-hydrogen) atoms. The molecule has 0 aliphatic carbocycles. The van der Waals surface area contributed by atoms with Crippen LogP contribution in [0.5, 0.6) is 0 Å². The summed E-state index contributed by atoms with van der Waals surface area (Å²) in [4.78, 5) is 1.81. The van der Waals surface area contributed by atoms with Crippen molar-refractivity contribution >= 4 is 15.7 Å². The summed E-state index contributed by atoms with van der Waals surface area (Å²) in [5.74, 6) is -0.802. The lowest BCUT2D eigenvalue weighted by molar-refractivity contribution is 0.105. The topological polar surface area (TPSA) is 66.6 Å². The van der Waals surface area contributed by atoms with Crippen molar-refractivity contribution in [1.82, 2.24) is 9.21 Å². The Balaban J connectivity index is 2.35. The molecule has 1 aromatic rings. The molecule has 1 saturated heterocycles. The number of anilines is 1. The maximum atomic E-state index is 13.9. The zero-order valence-electron chi connectivity index (χ0n) is 11.9. The molecular formula is C13H20FN3O2S. The van der Waals surface area contributed by atoms with Crippen molar-refractivity contribution in [3.8, 4) is 0 Å². The molecular weight excluding hydrogens is 281 g/mol. The Morgan fingerprint density at radius 3 is 2.30 bits per heavy atom. The molecule has 112 valence electrons. The zero-order chi connectivity index (χ0) is 15.1. The maximum absolute atomic E-state index is 13.9. The van der Waals surface area contributed by atoms with Crippen LogP contribution in [-0.4, -0.2) is 49.8 Å². The maximum Gasteiger partial charge on any atom is 0.246 e. The van der Waals surface area contributed by atoms with Crippen molar-refractivity contribution in [1.29, 1.82) is 0 Å². The van der Waals surface area contributed by atoms with Crippen molar-refractivity contribution in [3.63, 3.8) is 0 Å².